The molecule has 0 radical (unpaired) electrons. The molecule has 4 aromatic rings. The molecule has 0 spiro atoms. The van der Waals surface area contributed by atoms with Crippen molar-refractivity contribution in [2.75, 3.05) is 11.1 Å². The summed E-state index contributed by atoms with van der Waals surface area (Å²) in [4.78, 5) is 18.6. The highest BCUT2D eigenvalue weighted by Gasteiger charge is 2.21. The smallest absolute Gasteiger partial charge is 0.267 e. The Labute approximate surface area is 165 Å². The molecule has 0 aliphatic carbocycles. The molecule has 0 aliphatic rings. The number of aromatic nitrogens is 1. The number of nitrogens with zero attached hydrogens (tertiary/aromatic N) is 1. The number of carbonyl (C=O) groups excluding carboxylic acids is 1. The van der Waals surface area contributed by atoms with Gasteiger partial charge in [0.15, 0.2) is 0 Å². The average Bonchev–Trinajstić information content (AvgIpc) is 3.00. The first-order valence-electron chi connectivity index (χ1n) is 8.35. The van der Waals surface area contributed by atoms with Crippen LogP contribution in [-0.4, -0.2) is 10.9 Å². The molecular weight excluding hydrogens is 378 g/mol. The predicted octanol–water partition coefficient (Wildman–Crippen LogP) is 5.76. The summed E-state index contributed by atoms with van der Waals surface area (Å²) >= 11 is 7.43. The number of amides is 1. The van der Waals surface area contributed by atoms with Crippen molar-refractivity contribution >= 4 is 50.4 Å². The SMILES string of the molecule is Cc1cc(-c2ccccc2)c2c(N)c(C(=O)Nc3ccccc3Cl)sc2n1. The van der Waals surface area contributed by atoms with Crippen molar-refractivity contribution in [3.8, 4) is 11.1 Å². The Hall–Kier alpha value is -2.89. The number of nitrogens with one attached hydrogen (secondary N) is 1. The van der Waals surface area contributed by atoms with Crippen molar-refractivity contribution in [1.82, 2.24) is 4.98 Å². The fourth-order valence-corrected chi connectivity index (χ4v) is 4.24. The molecule has 0 aliphatic heterocycles. The Balaban J connectivity index is 1.83. The second-order valence-corrected chi connectivity index (χ2v) is 7.54. The van der Waals surface area contributed by atoms with Crippen molar-refractivity contribution in [3.63, 3.8) is 0 Å². The van der Waals surface area contributed by atoms with Crippen molar-refractivity contribution in [1.29, 1.82) is 0 Å². The fourth-order valence-electron chi connectivity index (χ4n) is 3.00. The highest BCUT2D eigenvalue weighted by molar-refractivity contribution is 7.21. The van der Waals surface area contributed by atoms with Crippen LogP contribution in [0.1, 0.15) is 15.4 Å². The van der Waals surface area contributed by atoms with Gasteiger partial charge in [0.25, 0.3) is 5.91 Å². The number of fused-ring (bicyclic) bond motifs is 1. The lowest BCUT2D eigenvalue weighted by atomic mass is 10.0. The van der Waals surface area contributed by atoms with Crippen LogP contribution in [0, 0.1) is 6.92 Å². The Morgan fingerprint density at radius 1 is 1.11 bits per heavy atom. The first kappa shape index (κ1) is 17.5. The lowest BCUT2D eigenvalue weighted by Gasteiger charge is -2.07. The van der Waals surface area contributed by atoms with E-state index in [1.807, 2.05) is 55.5 Å². The minimum atomic E-state index is -0.291. The molecular formula is C21H16ClN3OS. The summed E-state index contributed by atoms with van der Waals surface area (Å²) in [6.07, 6.45) is 0. The van der Waals surface area contributed by atoms with E-state index in [9.17, 15) is 4.79 Å². The minimum Gasteiger partial charge on any atom is -0.397 e. The van der Waals surface area contributed by atoms with Crippen LogP contribution >= 0.6 is 22.9 Å². The molecule has 0 saturated heterocycles. The van der Waals surface area contributed by atoms with E-state index in [-0.39, 0.29) is 5.91 Å². The molecule has 3 N–H and O–H groups in total. The Bertz CT molecular complexity index is 1160. The standard InChI is InChI=1S/C21H16ClN3OS/c1-12-11-14(13-7-3-2-4-8-13)17-18(23)19(27-21(17)24-12)20(26)25-16-10-6-5-9-15(16)22/h2-11H,23H2,1H3,(H,25,26). The number of hydrogen-bond donors (Lipinski definition) is 2. The molecule has 1 amide bonds. The Morgan fingerprint density at radius 2 is 1.81 bits per heavy atom. The zero-order valence-electron chi connectivity index (χ0n) is 14.5. The third-order valence-corrected chi connectivity index (χ3v) is 5.67. The quantitative estimate of drug-likeness (QED) is 0.465. The maximum atomic E-state index is 12.8. The van der Waals surface area contributed by atoms with Crippen molar-refractivity contribution in [2.24, 2.45) is 0 Å². The van der Waals surface area contributed by atoms with Gasteiger partial charge in [-0.2, -0.15) is 0 Å². The molecule has 0 saturated carbocycles. The number of pyridine rings is 1. The van der Waals surface area contributed by atoms with Crippen LogP contribution in [-0.2, 0) is 0 Å². The largest absolute Gasteiger partial charge is 0.397 e. The van der Waals surface area contributed by atoms with Crippen LogP contribution in [0.5, 0.6) is 0 Å². The normalized spacial score (nSPS) is 10.9. The zero-order chi connectivity index (χ0) is 19.0. The second kappa shape index (κ2) is 7.02. The molecule has 134 valence electrons. The predicted molar refractivity (Wildman–Crippen MR) is 114 cm³/mol. The van der Waals surface area contributed by atoms with Crippen LogP contribution in [0.3, 0.4) is 0 Å². The topological polar surface area (TPSA) is 68.0 Å². The summed E-state index contributed by atoms with van der Waals surface area (Å²) in [5.74, 6) is -0.291. The third-order valence-electron chi connectivity index (χ3n) is 4.24. The zero-order valence-corrected chi connectivity index (χ0v) is 16.1. The Kier molecular flexibility index (Phi) is 4.56. The summed E-state index contributed by atoms with van der Waals surface area (Å²) in [7, 11) is 0. The van der Waals surface area contributed by atoms with Crippen LogP contribution in [0.15, 0.2) is 60.7 Å². The fraction of sp³-hybridized carbons (Fsp3) is 0.0476. The number of anilines is 2. The van der Waals surface area contributed by atoms with Crippen LogP contribution in [0.2, 0.25) is 5.02 Å². The first-order valence-corrected chi connectivity index (χ1v) is 9.55. The summed E-state index contributed by atoms with van der Waals surface area (Å²) in [5, 5.41) is 4.12. The van der Waals surface area contributed by atoms with E-state index in [4.69, 9.17) is 17.3 Å². The van der Waals surface area contributed by atoms with Crippen molar-refractivity contribution < 1.29 is 4.79 Å². The molecule has 2 aromatic carbocycles. The number of nitrogen functional groups attached to an aromatic ring is 1. The van der Waals surface area contributed by atoms with Crippen LogP contribution < -0.4 is 11.1 Å². The highest BCUT2D eigenvalue weighted by atomic mass is 35.5. The van der Waals surface area contributed by atoms with Gasteiger partial charge in [-0.05, 0) is 36.2 Å². The summed E-state index contributed by atoms with van der Waals surface area (Å²) < 4.78 is 0. The average molecular weight is 394 g/mol. The minimum absolute atomic E-state index is 0.291. The molecule has 6 heteroatoms. The molecule has 0 fully saturated rings. The molecule has 27 heavy (non-hydrogen) atoms. The maximum Gasteiger partial charge on any atom is 0.267 e. The number of aryl methyl sites for hydroxylation is 1. The van der Waals surface area contributed by atoms with Gasteiger partial charge in [-0.15, -0.1) is 11.3 Å². The van der Waals surface area contributed by atoms with Gasteiger partial charge in [0.2, 0.25) is 0 Å². The van der Waals surface area contributed by atoms with Crippen LogP contribution in [0.25, 0.3) is 21.3 Å². The van der Waals surface area contributed by atoms with E-state index in [1.54, 1.807) is 12.1 Å². The number of nitrogens with two attached hydrogens (primary N) is 1. The molecule has 2 heterocycles. The number of carbonyl (C=O) groups is 1. The Morgan fingerprint density at radius 3 is 2.56 bits per heavy atom. The van der Waals surface area contributed by atoms with Gasteiger partial charge in [-0.1, -0.05) is 54.1 Å². The van der Waals surface area contributed by atoms with Gasteiger partial charge >= 0.3 is 0 Å². The summed E-state index contributed by atoms with van der Waals surface area (Å²) in [6.45, 7) is 1.94. The van der Waals surface area contributed by atoms with E-state index < -0.39 is 0 Å². The number of rotatable bonds is 3. The van der Waals surface area contributed by atoms with E-state index >= 15 is 0 Å². The van der Waals surface area contributed by atoms with Crippen molar-refractivity contribution in [3.05, 3.63) is 76.3 Å². The molecule has 0 unspecified atom stereocenters. The second-order valence-electron chi connectivity index (χ2n) is 6.14. The number of hydrogen-bond acceptors (Lipinski definition) is 4. The van der Waals surface area contributed by atoms with E-state index in [2.05, 4.69) is 10.3 Å². The lowest BCUT2D eigenvalue weighted by molar-refractivity contribution is 0.103. The van der Waals surface area contributed by atoms with Crippen LogP contribution in [0.4, 0.5) is 11.4 Å². The summed E-state index contributed by atoms with van der Waals surface area (Å²) in [5.41, 5.74) is 10.3. The first-order chi connectivity index (χ1) is 13.0. The van der Waals surface area contributed by atoms with E-state index in [0.29, 0.717) is 21.3 Å². The maximum absolute atomic E-state index is 12.8. The molecule has 0 atom stereocenters. The van der Waals surface area contributed by atoms with Gasteiger partial charge < -0.3 is 11.1 Å². The van der Waals surface area contributed by atoms with E-state index in [1.165, 1.54) is 11.3 Å². The highest BCUT2D eigenvalue weighted by Crippen LogP contribution is 2.40. The number of benzene rings is 2. The van der Waals surface area contributed by atoms with Gasteiger partial charge in [0, 0.05) is 11.1 Å². The van der Waals surface area contributed by atoms with Gasteiger partial charge in [-0.3, -0.25) is 4.79 Å². The number of para-hydroxylation sites is 1. The monoisotopic (exact) mass is 393 g/mol. The molecule has 4 nitrogen and oxygen atoms in total. The van der Waals surface area contributed by atoms with Crippen molar-refractivity contribution in [2.45, 2.75) is 6.92 Å². The summed E-state index contributed by atoms with van der Waals surface area (Å²) in [6, 6.07) is 19.1. The van der Waals surface area contributed by atoms with Gasteiger partial charge in [0.1, 0.15) is 9.71 Å². The lowest BCUT2D eigenvalue weighted by Crippen LogP contribution is -2.12. The van der Waals surface area contributed by atoms with E-state index in [0.717, 1.165) is 27.0 Å². The third kappa shape index (κ3) is 3.27. The number of halogens is 1. The van der Waals surface area contributed by atoms with Gasteiger partial charge in [0.05, 0.1) is 16.4 Å². The molecule has 4 rings (SSSR count). The van der Waals surface area contributed by atoms with Gasteiger partial charge in [-0.25, -0.2) is 4.98 Å². The molecule has 2 aromatic heterocycles. The molecule has 0 bridgehead atoms. The number of thiophene rings is 1.